The van der Waals surface area contributed by atoms with E-state index >= 15 is 0 Å². The van der Waals surface area contributed by atoms with E-state index in [4.69, 9.17) is 0 Å². The SMILES string of the molecule is C=CCCCCCNCCc1ncn(C)n1. The Morgan fingerprint density at radius 1 is 1.38 bits per heavy atom. The van der Waals surface area contributed by atoms with Crippen LogP contribution in [-0.4, -0.2) is 27.9 Å². The van der Waals surface area contributed by atoms with E-state index in [1.54, 1.807) is 11.0 Å². The lowest BCUT2D eigenvalue weighted by Gasteiger charge is -2.02. The summed E-state index contributed by atoms with van der Waals surface area (Å²) < 4.78 is 1.74. The van der Waals surface area contributed by atoms with Crippen LogP contribution in [0.3, 0.4) is 0 Å². The molecule has 0 fully saturated rings. The summed E-state index contributed by atoms with van der Waals surface area (Å²) in [6, 6.07) is 0. The highest BCUT2D eigenvalue weighted by atomic mass is 15.3. The van der Waals surface area contributed by atoms with Crippen molar-refractivity contribution in [3.8, 4) is 0 Å². The fourth-order valence-corrected chi connectivity index (χ4v) is 1.54. The number of aryl methyl sites for hydroxylation is 1. The zero-order valence-corrected chi connectivity index (χ0v) is 10.2. The predicted molar refractivity (Wildman–Crippen MR) is 66.2 cm³/mol. The number of rotatable bonds is 9. The van der Waals surface area contributed by atoms with Gasteiger partial charge in [-0.25, -0.2) is 4.98 Å². The molecule has 0 bridgehead atoms. The lowest BCUT2D eigenvalue weighted by Crippen LogP contribution is -2.19. The first-order chi connectivity index (χ1) is 7.83. The van der Waals surface area contributed by atoms with Gasteiger partial charge in [0, 0.05) is 20.0 Å². The molecule has 1 rings (SSSR count). The summed E-state index contributed by atoms with van der Waals surface area (Å²) >= 11 is 0. The van der Waals surface area contributed by atoms with Crippen LogP contribution in [0.15, 0.2) is 19.0 Å². The largest absolute Gasteiger partial charge is 0.316 e. The van der Waals surface area contributed by atoms with Crippen molar-refractivity contribution in [1.29, 1.82) is 0 Å². The first-order valence-corrected chi connectivity index (χ1v) is 5.99. The van der Waals surface area contributed by atoms with Crippen LogP contribution in [0.25, 0.3) is 0 Å². The van der Waals surface area contributed by atoms with E-state index in [-0.39, 0.29) is 0 Å². The molecule has 0 aliphatic rings. The summed E-state index contributed by atoms with van der Waals surface area (Å²) in [5.74, 6) is 0.918. The Morgan fingerprint density at radius 3 is 2.94 bits per heavy atom. The third kappa shape index (κ3) is 5.66. The lowest BCUT2D eigenvalue weighted by atomic mass is 10.2. The van der Waals surface area contributed by atoms with Crippen molar-refractivity contribution in [2.24, 2.45) is 7.05 Å². The molecule has 1 N–H and O–H groups in total. The number of allylic oxidation sites excluding steroid dienone is 1. The second-order valence-electron chi connectivity index (χ2n) is 3.97. The van der Waals surface area contributed by atoms with Gasteiger partial charge in [0.1, 0.15) is 6.33 Å². The minimum atomic E-state index is 0.910. The average molecular weight is 222 g/mol. The topological polar surface area (TPSA) is 42.7 Å². The van der Waals surface area contributed by atoms with Crippen molar-refractivity contribution in [3.63, 3.8) is 0 Å². The van der Waals surface area contributed by atoms with Crippen molar-refractivity contribution in [2.45, 2.75) is 32.1 Å². The summed E-state index contributed by atoms with van der Waals surface area (Å²) in [7, 11) is 1.89. The van der Waals surface area contributed by atoms with Crippen LogP contribution in [0.2, 0.25) is 0 Å². The summed E-state index contributed by atoms with van der Waals surface area (Å²) in [4.78, 5) is 4.17. The number of hydrogen-bond acceptors (Lipinski definition) is 3. The Hall–Kier alpha value is -1.16. The molecule has 0 unspecified atom stereocenters. The van der Waals surface area contributed by atoms with E-state index in [0.717, 1.165) is 31.8 Å². The van der Waals surface area contributed by atoms with Gasteiger partial charge < -0.3 is 5.32 Å². The van der Waals surface area contributed by atoms with Crippen LogP contribution in [0.4, 0.5) is 0 Å². The van der Waals surface area contributed by atoms with Crippen LogP contribution < -0.4 is 5.32 Å². The van der Waals surface area contributed by atoms with Gasteiger partial charge in [-0.1, -0.05) is 12.5 Å². The van der Waals surface area contributed by atoms with Crippen LogP contribution >= 0.6 is 0 Å². The monoisotopic (exact) mass is 222 g/mol. The van der Waals surface area contributed by atoms with E-state index in [2.05, 4.69) is 22.0 Å². The molecular weight excluding hydrogens is 200 g/mol. The molecule has 0 aliphatic heterocycles. The van der Waals surface area contributed by atoms with Gasteiger partial charge in [0.05, 0.1) is 0 Å². The third-order valence-corrected chi connectivity index (χ3v) is 2.43. The molecule has 0 atom stereocenters. The van der Waals surface area contributed by atoms with Crippen LogP contribution in [-0.2, 0) is 13.5 Å². The first-order valence-electron chi connectivity index (χ1n) is 5.99. The molecule has 1 aromatic rings. The smallest absolute Gasteiger partial charge is 0.151 e. The van der Waals surface area contributed by atoms with Crippen molar-refractivity contribution < 1.29 is 0 Å². The quantitative estimate of drug-likeness (QED) is 0.511. The maximum atomic E-state index is 4.22. The molecule has 1 heterocycles. The van der Waals surface area contributed by atoms with Gasteiger partial charge in [-0.15, -0.1) is 6.58 Å². The van der Waals surface area contributed by atoms with Gasteiger partial charge in [0.2, 0.25) is 0 Å². The van der Waals surface area contributed by atoms with E-state index in [1.807, 2.05) is 13.1 Å². The number of unbranched alkanes of at least 4 members (excludes halogenated alkanes) is 3. The van der Waals surface area contributed by atoms with Gasteiger partial charge >= 0.3 is 0 Å². The molecule has 0 amide bonds. The number of nitrogens with one attached hydrogen (secondary N) is 1. The predicted octanol–water partition coefficient (Wildman–Crippen LogP) is 1.69. The van der Waals surface area contributed by atoms with E-state index in [9.17, 15) is 0 Å². The zero-order chi connectivity index (χ0) is 11.6. The van der Waals surface area contributed by atoms with Crippen LogP contribution in [0.1, 0.15) is 31.5 Å². The number of aromatic nitrogens is 3. The van der Waals surface area contributed by atoms with E-state index in [1.165, 1.54) is 19.3 Å². The summed E-state index contributed by atoms with van der Waals surface area (Å²) in [6.45, 7) is 5.76. The maximum Gasteiger partial charge on any atom is 0.151 e. The van der Waals surface area contributed by atoms with Crippen molar-refractivity contribution in [1.82, 2.24) is 20.1 Å². The Labute approximate surface area is 97.8 Å². The first kappa shape index (κ1) is 12.9. The van der Waals surface area contributed by atoms with E-state index < -0.39 is 0 Å². The highest BCUT2D eigenvalue weighted by Crippen LogP contribution is 1.98. The molecule has 90 valence electrons. The molecule has 0 aromatic carbocycles. The molecule has 4 heteroatoms. The van der Waals surface area contributed by atoms with Crippen molar-refractivity contribution in [3.05, 3.63) is 24.8 Å². The number of nitrogens with zero attached hydrogens (tertiary/aromatic N) is 3. The summed E-state index contributed by atoms with van der Waals surface area (Å²) in [5, 5.41) is 7.63. The van der Waals surface area contributed by atoms with Gasteiger partial charge in [-0.3, -0.25) is 4.68 Å². The Bertz CT molecular complexity index is 293. The average Bonchev–Trinajstić information content (AvgIpc) is 2.68. The van der Waals surface area contributed by atoms with Gasteiger partial charge in [-0.05, 0) is 25.8 Å². The van der Waals surface area contributed by atoms with Gasteiger partial charge in [0.25, 0.3) is 0 Å². The summed E-state index contributed by atoms with van der Waals surface area (Å²) in [6.07, 6.45) is 9.55. The standard InChI is InChI=1S/C12H22N4/c1-3-4-5-6-7-9-13-10-8-12-14-11-16(2)15-12/h3,11,13H,1,4-10H2,2H3. The molecular formula is C12H22N4. The minimum absolute atomic E-state index is 0.910. The maximum absolute atomic E-state index is 4.22. The zero-order valence-electron chi connectivity index (χ0n) is 10.2. The molecule has 0 radical (unpaired) electrons. The molecule has 0 spiro atoms. The van der Waals surface area contributed by atoms with Crippen molar-refractivity contribution >= 4 is 0 Å². The molecule has 0 saturated carbocycles. The minimum Gasteiger partial charge on any atom is -0.316 e. The Morgan fingerprint density at radius 2 is 2.25 bits per heavy atom. The molecule has 0 saturated heterocycles. The molecule has 16 heavy (non-hydrogen) atoms. The fourth-order valence-electron chi connectivity index (χ4n) is 1.54. The molecule has 1 aromatic heterocycles. The van der Waals surface area contributed by atoms with Gasteiger partial charge in [-0.2, -0.15) is 5.10 Å². The Kier molecular flexibility index (Phi) is 6.49. The van der Waals surface area contributed by atoms with E-state index in [0.29, 0.717) is 0 Å². The Balaban J connectivity index is 1.90. The second-order valence-corrected chi connectivity index (χ2v) is 3.97. The lowest BCUT2D eigenvalue weighted by molar-refractivity contribution is 0.599. The normalized spacial score (nSPS) is 10.6. The molecule has 4 nitrogen and oxygen atoms in total. The molecule has 0 aliphatic carbocycles. The van der Waals surface area contributed by atoms with Crippen LogP contribution in [0.5, 0.6) is 0 Å². The second kappa shape index (κ2) is 8.05. The van der Waals surface area contributed by atoms with Crippen LogP contribution in [0, 0.1) is 0 Å². The summed E-state index contributed by atoms with van der Waals surface area (Å²) in [5.41, 5.74) is 0. The highest BCUT2D eigenvalue weighted by Gasteiger charge is 1.97. The van der Waals surface area contributed by atoms with Gasteiger partial charge in [0.15, 0.2) is 5.82 Å². The fraction of sp³-hybridized carbons (Fsp3) is 0.667. The third-order valence-electron chi connectivity index (χ3n) is 2.43. The van der Waals surface area contributed by atoms with Crippen molar-refractivity contribution in [2.75, 3.05) is 13.1 Å². The number of hydrogen-bond donors (Lipinski definition) is 1. The highest BCUT2D eigenvalue weighted by molar-refractivity contribution is 4.81.